The maximum atomic E-state index is 5.63. The molecule has 20 heavy (non-hydrogen) atoms. The van der Waals surface area contributed by atoms with Crippen molar-refractivity contribution in [2.24, 2.45) is 0 Å². The van der Waals surface area contributed by atoms with E-state index in [9.17, 15) is 0 Å². The molecule has 2 aromatic rings. The average molecular weight is 400 g/mol. The van der Waals surface area contributed by atoms with E-state index < -0.39 is 0 Å². The Morgan fingerprint density at radius 2 is 1.75 bits per heavy atom. The lowest BCUT2D eigenvalue weighted by atomic mass is 10.0. The van der Waals surface area contributed by atoms with Crippen LogP contribution in [0.3, 0.4) is 0 Å². The number of hydrogen-bond donors (Lipinski definition) is 0. The molecule has 0 saturated heterocycles. The van der Waals surface area contributed by atoms with Crippen molar-refractivity contribution in [3.05, 3.63) is 64.1 Å². The second kappa shape index (κ2) is 7.81. The van der Waals surface area contributed by atoms with Gasteiger partial charge in [0.05, 0.1) is 15.9 Å². The minimum Gasteiger partial charge on any atom is -0.490 e. The average Bonchev–Trinajstić information content (AvgIpc) is 2.49. The minimum atomic E-state index is 0.174. The molecule has 0 amide bonds. The molecule has 0 aliphatic rings. The van der Waals surface area contributed by atoms with Crippen LogP contribution >= 0.6 is 31.9 Å². The molecule has 0 radical (unpaired) electrons. The normalized spacial score (nSPS) is 12.2. The van der Waals surface area contributed by atoms with Crippen molar-refractivity contribution in [1.82, 2.24) is 0 Å². The number of alkyl halides is 1. The molecular formula is C16H16Br2O2. The van der Waals surface area contributed by atoms with Crippen LogP contribution in [0.1, 0.15) is 16.0 Å². The molecule has 4 heteroatoms. The number of hydrogen-bond acceptors (Lipinski definition) is 2. The summed E-state index contributed by atoms with van der Waals surface area (Å²) in [5.41, 5.74) is 2.41. The lowest BCUT2D eigenvalue weighted by molar-refractivity contribution is 0.146. The van der Waals surface area contributed by atoms with Gasteiger partial charge in [0.15, 0.2) is 0 Å². The molecule has 0 aromatic heterocycles. The van der Waals surface area contributed by atoms with Gasteiger partial charge in [-0.05, 0) is 39.2 Å². The zero-order valence-corrected chi connectivity index (χ0v) is 14.4. The van der Waals surface area contributed by atoms with Gasteiger partial charge in [0, 0.05) is 7.11 Å². The van der Waals surface area contributed by atoms with E-state index >= 15 is 0 Å². The molecule has 2 nitrogen and oxygen atoms in total. The largest absolute Gasteiger partial charge is 0.490 e. The summed E-state index contributed by atoms with van der Waals surface area (Å²) in [6.45, 7) is 1.13. The van der Waals surface area contributed by atoms with Gasteiger partial charge in [-0.2, -0.15) is 0 Å². The fourth-order valence-electron chi connectivity index (χ4n) is 1.84. The van der Waals surface area contributed by atoms with E-state index in [0.29, 0.717) is 13.2 Å². The quantitative estimate of drug-likeness (QED) is 0.504. The van der Waals surface area contributed by atoms with Gasteiger partial charge in [0.25, 0.3) is 0 Å². The van der Waals surface area contributed by atoms with Gasteiger partial charge >= 0.3 is 0 Å². The first-order chi connectivity index (χ1) is 9.72. The molecular weight excluding hydrogens is 384 g/mol. The van der Waals surface area contributed by atoms with E-state index in [1.165, 1.54) is 11.1 Å². The molecule has 2 aromatic carbocycles. The third-order valence-corrected chi connectivity index (χ3v) is 4.56. The summed E-state index contributed by atoms with van der Waals surface area (Å²) in [4.78, 5) is 0.174. The standard InChI is InChI=1S/C16H16Br2O2/c1-19-9-10-20-15-8-7-13(11-14(15)17)16(18)12-5-3-2-4-6-12/h2-8,11,16H,9-10H2,1H3. The number of rotatable bonds is 6. The van der Waals surface area contributed by atoms with Gasteiger partial charge in [-0.3, -0.25) is 0 Å². The van der Waals surface area contributed by atoms with Crippen LogP contribution in [0.2, 0.25) is 0 Å². The van der Waals surface area contributed by atoms with Crippen molar-refractivity contribution in [1.29, 1.82) is 0 Å². The predicted molar refractivity (Wildman–Crippen MR) is 88.7 cm³/mol. The van der Waals surface area contributed by atoms with E-state index in [4.69, 9.17) is 9.47 Å². The second-order valence-electron chi connectivity index (χ2n) is 4.30. The van der Waals surface area contributed by atoms with Crippen LogP contribution < -0.4 is 4.74 Å². The Morgan fingerprint density at radius 3 is 2.40 bits per heavy atom. The van der Waals surface area contributed by atoms with Crippen molar-refractivity contribution in [2.75, 3.05) is 20.3 Å². The summed E-state index contributed by atoms with van der Waals surface area (Å²) in [5.74, 6) is 0.832. The molecule has 0 fully saturated rings. The SMILES string of the molecule is COCCOc1ccc(C(Br)c2ccccc2)cc1Br. The lowest BCUT2D eigenvalue weighted by Gasteiger charge is -2.13. The Balaban J connectivity index is 2.12. The van der Waals surface area contributed by atoms with Crippen LogP contribution in [0, 0.1) is 0 Å². The Labute approximate surface area is 136 Å². The smallest absolute Gasteiger partial charge is 0.133 e. The molecule has 2 rings (SSSR count). The highest BCUT2D eigenvalue weighted by Gasteiger charge is 2.12. The van der Waals surface area contributed by atoms with Crippen LogP contribution in [0.25, 0.3) is 0 Å². The van der Waals surface area contributed by atoms with Crippen molar-refractivity contribution in [2.45, 2.75) is 4.83 Å². The predicted octanol–water partition coefficient (Wildman–Crippen LogP) is 4.96. The summed E-state index contributed by atoms with van der Waals surface area (Å²) in [7, 11) is 1.66. The molecule has 0 spiro atoms. The molecule has 0 aliphatic carbocycles. The van der Waals surface area contributed by atoms with E-state index in [-0.39, 0.29) is 4.83 Å². The number of methoxy groups -OCH3 is 1. The molecule has 0 N–H and O–H groups in total. The van der Waals surface area contributed by atoms with Crippen molar-refractivity contribution in [3.63, 3.8) is 0 Å². The number of ether oxygens (including phenoxy) is 2. The summed E-state index contributed by atoms with van der Waals surface area (Å²) in [6, 6.07) is 16.4. The summed E-state index contributed by atoms with van der Waals surface area (Å²) >= 11 is 7.29. The number of halogens is 2. The van der Waals surface area contributed by atoms with E-state index in [1.807, 2.05) is 24.3 Å². The van der Waals surface area contributed by atoms with Crippen LogP contribution in [0.4, 0.5) is 0 Å². The molecule has 106 valence electrons. The third-order valence-electron chi connectivity index (χ3n) is 2.89. The summed E-state index contributed by atoms with van der Waals surface area (Å²) in [5, 5.41) is 0. The molecule has 0 saturated carbocycles. The summed E-state index contributed by atoms with van der Waals surface area (Å²) in [6.07, 6.45) is 0. The van der Waals surface area contributed by atoms with Gasteiger partial charge in [-0.15, -0.1) is 0 Å². The third kappa shape index (κ3) is 4.08. The van der Waals surface area contributed by atoms with Crippen molar-refractivity contribution in [3.8, 4) is 5.75 Å². The van der Waals surface area contributed by atoms with Gasteiger partial charge in [-0.1, -0.05) is 52.3 Å². The van der Waals surface area contributed by atoms with Crippen LogP contribution in [-0.4, -0.2) is 20.3 Å². The zero-order chi connectivity index (χ0) is 14.4. The first kappa shape index (κ1) is 15.5. The van der Waals surface area contributed by atoms with E-state index in [2.05, 4.69) is 56.1 Å². The van der Waals surface area contributed by atoms with Crippen molar-refractivity contribution >= 4 is 31.9 Å². The molecule has 1 unspecified atom stereocenters. The fourth-order valence-corrected chi connectivity index (χ4v) is 2.94. The maximum absolute atomic E-state index is 5.63. The van der Waals surface area contributed by atoms with Gasteiger partial charge in [-0.25, -0.2) is 0 Å². The topological polar surface area (TPSA) is 18.5 Å². The first-order valence-corrected chi connectivity index (χ1v) is 8.03. The second-order valence-corrected chi connectivity index (χ2v) is 6.07. The molecule has 0 heterocycles. The Hall–Kier alpha value is -0.840. The van der Waals surface area contributed by atoms with Crippen molar-refractivity contribution < 1.29 is 9.47 Å². The van der Waals surface area contributed by atoms with Gasteiger partial charge < -0.3 is 9.47 Å². The Kier molecular flexibility index (Phi) is 6.07. The Bertz CT molecular complexity index is 543. The molecule has 0 bridgehead atoms. The maximum Gasteiger partial charge on any atom is 0.133 e. The molecule has 0 aliphatic heterocycles. The first-order valence-electron chi connectivity index (χ1n) is 6.32. The van der Waals surface area contributed by atoms with E-state index in [1.54, 1.807) is 7.11 Å². The number of benzene rings is 2. The highest BCUT2D eigenvalue weighted by atomic mass is 79.9. The fraction of sp³-hybridized carbons (Fsp3) is 0.250. The van der Waals surface area contributed by atoms with Gasteiger partial charge in [0.2, 0.25) is 0 Å². The zero-order valence-electron chi connectivity index (χ0n) is 11.2. The monoisotopic (exact) mass is 398 g/mol. The van der Waals surface area contributed by atoms with Gasteiger partial charge in [0.1, 0.15) is 12.4 Å². The molecule has 1 atom stereocenters. The Morgan fingerprint density at radius 1 is 1.00 bits per heavy atom. The van der Waals surface area contributed by atoms with Crippen LogP contribution in [0.15, 0.2) is 53.0 Å². The summed E-state index contributed by atoms with van der Waals surface area (Å²) < 4.78 is 11.6. The highest BCUT2D eigenvalue weighted by Crippen LogP contribution is 2.35. The van der Waals surface area contributed by atoms with E-state index in [0.717, 1.165) is 10.2 Å². The van der Waals surface area contributed by atoms with Crippen LogP contribution in [0.5, 0.6) is 5.75 Å². The lowest BCUT2D eigenvalue weighted by Crippen LogP contribution is -2.04. The minimum absolute atomic E-state index is 0.174. The highest BCUT2D eigenvalue weighted by molar-refractivity contribution is 9.10. The van der Waals surface area contributed by atoms with Crippen LogP contribution in [-0.2, 0) is 4.74 Å².